The fraction of sp³-hybridized carbons (Fsp3) is 0.176. The molecular weight excluding hydrogens is 691 g/mol. The minimum atomic E-state index is -1.29. The number of rotatable bonds is 6. The van der Waals surface area contributed by atoms with Gasteiger partial charge in [-0.15, -0.1) is 0 Å². The highest BCUT2D eigenvalue weighted by atomic mass is 35.5. The molecule has 6 atom stereocenters. The number of nitro benzene ring substituents is 2. The fourth-order valence-corrected chi connectivity index (χ4v) is 8.08. The SMILES string of the molecule is O=C1C2C(C(=O)N1c1ccc(Cl)cc1)N1C(c3cccc([N+](=O)[O-])c3)C3C(=O)N(c4ccc(Cl)cc4)C(=O)C3N1C2c1cccc([N+](=O)[O-])c1. The van der Waals surface area contributed by atoms with Crippen LogP contribution in [0.3, 0.4) is 0 Å². The molecule has 4 heterocycles. The van der Waals surface area contributed by atoms with E-state index in [0.717, 1.165) is 9.80 Å². The standard InChI is InChI=1S/C34H22Cl2N6O8/c35-19-7-11-21(12-8-19)37-31(43)25-27(17-3-1-5-23(15-17)41(47)48)39-30-26(32(44)38(34(30)46)22-13-9-20(36)10-14-22)28(40(39)29(25)33(37)45)18-4-2-6-24(16-18)42(49)50/h1-16,25-30H. The van der Waals surface area contributed by atoms with E-state index in [1.165, 1.54) is 94.9 Å². The molecule has 0 bridgehead atoms. The lowest BCUT2D eigenvalue weighted by molar-refractivity contribution is -0.385. The fourth-order valence-electron chi connectivity index (χ4n) is 7.83. The van der Waals surface area contributed by atoms with Gasteiger partial charge in [0.05, 0.1) is 45.1 Å². The molecule has 4 aliphatic rings. The molecule has 250 valence electrons. The maximum absolute atomic E-state index is 14.5. The average molecular weight is 713 g/mol. The van der Waals surface area contributed by atoms with Gasteiger partial charge in [-0.1, -0.05) is 47.5 Å². The third kappa shape index (κ3) is 4.56. The van der Waals surface area contributed by atoms with E-state index in [9.17, 15) is 39.4 Å². The van der Waals surface area contributed by atoms with Crippen molar-refractivity contribution in [3.05, 3.63) is 138 Å². The normalized spacial score (nSPS) is 26.0. The number of benzene rings is 4. The highest BCUT2D eigenvalue weighted by molar-refractivity contribution is 6.31. The number of hydrazine groups is 1. The van der Waals surface area contributed by atoms with Crippen LogP contribution in [0.1, 0.15) is 23.2 Å². The molecular formula is C34H22Cl2N6O8. The lowest BCUT2D eigenvalue weighted by Crippen LogP contribution is -2.50. The van der Waals surface area contributed by atoms with Gasteiger partial charge in [-0.05, 0) is 59.7 Å². The molecule has 4 aromatic carbocycles. The first-order chi connectivity index (χ1) is 24.0. The molecule has 0 N–H and O–H groups in total. The Morgan fingerprint density at radius 1 is 0.500 bits per heavy atom. The molecule has 4 aromatic rings. The van der Waals surface area contributed by atoms with Gasteiger partial charge in [0.15, 0.2) is 0 Å². The van der Waals surface area contributed by atoms with E-state index in [0.29, 0.717) is 10.0 Å². The first-order valence-electron chi connectivity index (χ1n) is 15.3. The number of nitro groups is 2. The number of nitrogens with zero attached hydrogens (tertiary/aromatic N) is 6. The smallest absolute Gasteiger partial charge is 0.269 e. The Balaban J connectivity index is 1.35. The lowest BCUT2D eigenvalue weighted by atomic mass is 9.84. The summed E-state index contributed by atoms with van der Waals surface area (Å²) in [6.07, 6.45) is 0. The number of carbonyl (C=O) groups is 4. The van der Waals surface area contributed by atoms with Crippen molar-refractivity contribution in [2.24, 2.45) is 11.8 Å². The number of amides is 4. The first kappa shape index (κ1) is 31.7. The van der Waals surface area contributed by atoms with Crippen molar-refractivity contribution in [1.82, 2.24) is 10.0 Å². The summed E-state index contributed by atoms with van der Waals surface area (Å²) in [6, 6.07) is 18.4. The summed E-state index contributed by atoms with van der Waals surface area (Å²) in [5, 5.41) is 27.6. The second kappa shape index (κ2) is 11.5. The number of halogens is 2. The van der Waals surface area contributed by atoms with Crippen LogP contribution in [0, 0.1) is 32.1 Å². The van der Waals surface area contributed by atoms with Crippen molar-refractivity contribution in [2.75, 3.05) is 9.80 Å². The van der Waals surface area contributed by atoms with Crippen LogP contribution in [-0.4, -0.2) is 55.6 Å². The molecule has 0 saturated carbocycles. The molecule has 4 saturated heterocycles. The number of hydrogen-bond donors (Lipinski definition) is 0. The Labute approximate surface area is 292 Å². The van der Waals surface area contributed by atoms with E-state index in [-0.39, 0.29) is 33.9 Å². The van der Waals surface area contributed by atoms with Crippen molar-refractivity contribution < 1.29 is 29.0 Å². The van der Waals surface area contributed by atoms with E-state index < -0.39 is 69.5 Å². The number of imide groups is 2. The number of non-ortho nitro benzene ring substituents is 2. The van der Waals surface area contributed by atoms with Gasteiger partial charge >= 0.3 is 0 Å². The molecule has 6 unspecified atom stereocenters. The van der Waals surface area contributed by atoms with Gasteiger partial charge in [0.1, 0.15) is 12.1 Å². The molecule has 0 aliphatic carbocycles. The van der Waals surface area contributed by atoms with Gasteiger partial charge in [-0.2, -0.15) is 0 Å². The quantitative estimate of drug-likeness (QED) is 0.146. The third-order valence-electron chi connectivity index (χ3n) is 9.74. The van der Waals surface area contributed by atoms with Crippen molar-refractivity contribution in [1.29, 1.82) is 0 Å². The molecule has 4 fully saturated rings. The van der Waals surface area contributed by atoms with Gasteiger partial charge in [0, 0.05) is 34.3 Å². The van der Waals surface area contributed by atoms with E-state index in [1.807, 2.05) is 0 Å². The molecule has 0 aromatic heterocycles. The summed E-state index contributed by atoms with van der Waals surface area (Å²) in [5.41, 5.74) is 0.419. The van der Waals surface area contributed by atoms with Gasteiger partial charge in [0.25, 0.3) is 23.2 Å². The van der Waals surface area contributed by atoms with Crippen molar-refractivity contribution in [3.8, 4) is 0 Å². The van der Waals surface area contributed by atoms with Gasteiger partial charge in [-0.25, -0.2) is 19.8 Å². The molecule has 0 radical (unpaired) electrons. The molecule has 8 rings (SSSR count). The third-order valence-corrected chi connectivity index (χ3v) is 10.2. The Morgan fingerprint density at radius 2 is 0.860 bits per heavy atom. The molecule has 14 nitrogen and oxygen atoms in total. The largest absolute Gasteiger partial charge is 0.274 e. The van der Waals surface area contributed by atoms with Crippen LogP contribution >= 0.6 is 23.2 Å². The highest BCUT2D eigenvalue weighted by Gasteiger charge is 2.73. The predicted molar refractivity (Wildman–Crippen MR) is 178 cm³/mol. The van der Waals surface area contributed by atoms with E-state index in [2.05, 4.69) is 0 Å². The summed E-state index contributed by atoms with van der Waals surface area (Å²) >= 11 is 12.2. The Bertz CT molecular complexity index is 2010. The Kier molecular flexibility index (Phi) is 7.31. The van der Waals surface area contributed by atoms with Crippen LogP contribution in [-0.2, 0) is 19.2 Å². The van der Waals surface area contributed by atoms with Gasteiger partial charge < -0.3 is 0 Å². The average Bonchev–Trinajstić information content (AvgIpc) is 3.77. The number of carbonyl (C=O) groups excluding carboxylic acids is 4. The molecule has 4 amide bonds. The summed E-state index contributed by atoms with van der Waals surface area (Å²) in [4.78, 5) is 82.6. The summed E-state index contributed by atoms with van der Waals surface area (Å²) in [5.74, 6) is -4.98. The van der Waals surface area contributed by atoms with Crippen LogP contribution in [0.25, 0.3) is 0 Å². The van der Waals surface area contributed by atoms with Crippen LogP contribution in [0.5, 0.6) is 0 Å². The Morgan fingerprint density at radius 3 is 1.20 bits per heavy atom. The zero-order valence-electron chi connectivity index (χ0n) is 25.4. The van der Waals surface area contributed by atoms with Crippen molar-refractivity contribution >= 4 is 69.6 Å². The molecule has 4 aliphatic heterocycles. The minimum absolute atomic E-state index is 0.232. The molecule has 0 spiro atoms. The number of hydrogen-bond acceptors (Lipinski definition) is 10. The first-order valence-corrected chi connectivity index (χ1v) is 16.1. The zero-order valence-corrected chi connectivity index (χ0v) is 26.9. The van der Waals surface area contributed by atoms with Crippen molar-refractivity contribution in [3.63, 3.8) is 0 Å². The van der Waals surface area contributed by atoms with Crippen LogP contribution in [0.4, 0.5) is 22.7 Å². The van der Waals surface area contributed by atoms with E-state index in [1.54, 1.807) is 12.1 Å². The lowest BCUT2D eigenvalue weighted by Gasteiger charge is -2.35. The predicted octanol–water partition coefficient (Wildman–Crippen LogP) is 5.25. The van der Waals surface area contributed by atoms with E-state index >= 15 is 0 Å². The summed E-state index contributed by atoms with van der Waals surface area (Å²) < 4.78 is 0. The van der Waals surface area contributed by atoms with Crippen LogP contribution in [0.2, 0.25) is 10.0 Å². The van der Waals surface area contributed by atoms with Crippen molar-refractivity contribution in [2.45, 2.75) is 24.2 Å². The van der Waals surface area contributed by atoms with Gasteiger partial charge in [-0.3, -0.25) is 39.4 Å². The topological polar surface area (TPSA) is 168 Å². The summed E-state index contributed by atoms with van der Waals surface area (Å²) in [6.45, 7) is 0. The van der Waals surface area contributed by atoms with Crippen LogP contribution in [0.15, 0.2) is 97.1 Å². The maximum Gasteiger partial charge on any atom is 0.269 e. The second-order valence-electron chi connectivity index (χ2n) is 12.3. The second-order valence-corrected chi connectivity index (χ2v) is 13.1. The highest BCUT2D eigenvalue weighted by Crippen LogP contribution is 2.60. The molecule has 50 heavy (non-hydrogen) atoms. The monoisotopic (exact) mass is 712 g/mol. The molecule has 16 heteroatoms. The minimum Gasteiger partial charge on any atom is -0.274 e. The summed E-state index contributed by atoms with van der Waals surface area (Å²) in [7, 11) is 0. The van der Waals surface area contributed by atoms with E-state index in [4.69, 9.17) is 23.2 Å². The van der Waals surface area contributed by atoms with Crippen LogP contribution < -0.4 is 9.80 Å². The Hall–Kier alpha value is -5.54. The number of fused-ring (bicyclic) bond motifs is 5. The van der Waals surface area contributed by atoms with Gasteiger partial charge in [0.2, 0.25) is 11.8 Å². The zero-order chi connectivity index (χ0) is 35.2. The maximum atomic E-state index is 14.5. The number of anilines is 2.